The summed E-state index contributed by atoms with van der Waals surface area (Å²) in [7, 11) is 0. The summed E-state index contributed by atoms with van der Waals surface area (Å²) in [5.41, 5.74) is 0.534. The summed E-state index contributed by atoms with van der Waals surface area (Å²) in [5, 5.41) is 0. The number of amides is 2. The monoisotopic (exact) mass is 293 g/mol. The molecule has 2 amide bonds. The predicted molar refractivity (Wildman–Crippen MR) is 67.4 cm³/mol. The number of halogens is 1. The lowest BCUT2D eigenvalue weighted by Gasteiger charge is -2.20. The van der Waals surface area contributed by atoms with Gasteiger partial charge in [0.05, 0.1) is 17.5 Å². The largest absolute Gasteiger partial charge is 0.274 e. The molecule has 0 N–H and O–H groups in total. The molecule has 17 heavy (non-hydrogen) atoms. The average Bonchev–Trinajstić information content (AvgIpc) is 2.72. The number of benzene rings is 1. The summed E-state index contributed by atoms with van der Waals surface area (Å²) in [6.07, 6.45) is 0. The van der Waals surface area contributed by atoms with Crippen LogP contribution in [-0.2, 0) is 9.59 Å². The van der Waals surface area contributed by atoms with Crippen LogP contribution in [0.2, 0.25) is 0 Å². The van der Waals surface area contributed by atoms with Gasteiger partial charge in [-0.2, -0.15) is 0 Å². The Kier molecular flexibility index (Phi) is 2.06. The van der Waals surface area contributed by atoms with Crippen molar-refractivity contribution in [3.05, 3.63) is 28.7 Å². The highest BCUT2D eigenvalue weighted by Gasteiger charge is 2.72. The van der Waals surface area contributed by atoms with Gasteiger partial charge in [-0.05, 0) is 29.7 Å². The van der Waals surface area contributed by atoms with E-state index in [4.69, 9.17) is 0 Å². The van der Waals surface area contributed by atoms with E-state index in [-0.39, 0.29) is 29.1 Å². The minimum atomic E-state index is -0.139. The van der Waals surface area contributed by atoms with Gasteiger partial charge in [-0.15, -0.1) is 0 Å². The third kappa shape index (κ3) is 1.33. The number of carbonyl (C=O) groups is 2. The summed E-state index contributed by atoms with van der Waals surface area (Å²) in [6, 6.07) is 7.26. The maximum absolute atomic E-state index is 12.2. The smallest absolute Gasteiger partial charge is 0.238 e. The number of fused-ring (bicyclic) bond motifs is 1. The predicted octanol–water partition coefficient (Wildman–Crippen LogP) is 2.59. The van der Waals surface area contributed by atoms with Gasteiger partial charge in [0.1, 0.15) is 0 Å². The Bertz CT molecular complexity index is 497. The van der Waals surface area contributed by atoms with Crippen molar-refractivity contribution in [3.63, 3.8) is 0 Å². The Hall–Kier alpha value is -1.16. The van der Waals surface area contributed by atoms with Crippen LogP contribution in [0.15, 0.2) is 28.7 Å². The lowest BCUT2D eigenvalue weighted by Crippen LogP contribution is -2.36. The summed E-state index contributed by atoms with van der Waals surface area (Å²) in [6.45, 7) is 3.97. The standard InChI is InChI=1S/C13H12BrNO2/c1-13(2)9-10(13)12(17)15(11(9)16)8-5-3-7(14)4-6-8/h3-6,9-10H,1-2H3. The molecular formula is C13H12BrNO2. The van der Waals surface area contributed by atoms with Crippen LogP contribution in [0.25, 0.3) is 0 Å². The van der Waals surface area contributed by atoms with Gasteiger partial charge in [0.2, 0.25) is 11.8 Å². The first kappa shape index (κ1) is 11.0. The van der Waals surface area contributed by atoms with E-state index in [1.165, 1.54) is 4.90 Å². The van der Waals surface area contributed by atoms with Crippen molar-refractivity contribution >= 4 is 33.4 Å². The van der Waals surface area contributed by atoms with E-state index < -0.39 is 0 Å². The number of carbonyl (C=O) groups excluding carboxylic acids is 2. The van der Waals surface area contributed by atoms with Gasteiger partial charge in [0, 0.05) is 4.47 Å². The molecule has 0 bridgehead atoms. The van der Waals surface area contributed by atoms with Gasteiger partial charge in [-0.1, -0.05) is 29.8 Å². The zero-order valence-electron chi connectivity index (χ0n) is 9.61. The first-order valence-electron chi connectivity index (χ1n) is 5.58. The molecule has 2 atom stereocenters. The topological polar surface area (TPSA) is 37.4 Å². The van der Waals surface area contributed by atoms with Crippen LogP contribution in [0.4, 0.5) is 5.69 Å². The number of hydrogen-bond donors (Lipinski definition) is 0. The van der Waals surface area contributed by atoms with Gasteiger partial charge in [0.15, 0.2) is 0 Å². The molecule has 1 aliphatic heterocycles. The first-order valence-corrected chi connectivity index (χ1v) is 6.37. The number of hydrogen-bond acceptors (Lipinski definition) is 2. The molecule has 2 aliphatic rings. The fourth-order valence-electron chi connectivity index (χ4n) is 2.79. The number of anilines is 1. The molecule has 0 radical (unpaired) electrons. The fraction of sp³-hybridized carbons (Fsp3) is 0.385. The lowest BCUT2D eigenvalue weighted by atomic mass is 10.1. The van der Waals surface area contributed by atoms with E-state index in [1.807, 2.05) is 26.0 Å². The molecule has 3 rings (SSSR count). The zero-order chi connectivity index (χ0) is 12.4. The van der Waals surface area contributed by atoms with Crippen LogP contribution in [0.1, 0.15) is 13.8 Å². The van der Waals surface area contributed by atoms with Crippen molar-refractivity contribution < 1.29 is 9.59 Å². The van der Waals surface area contributed by atoms with E-state index in [0.717, 1.165) is 4.47 Å². The number of piperidine rings is 1. The molecule has 1 saturated carbocycles. The normalized spacial score (nSPS) is 29.5. The van der Waals surface area contributed by atoms with E-state index >= 15 is 0 Å². The van der Waals surface area contributed by atoms with Crippen molar-refractivity contribution in [2.45, 2.75) is 13.8 Å². The Balaban J connectivity index is 1.95. The number of nitrogens with zero attached hydrogens (tertiary/aromatic N) is 1. The van der Waals surface area contributed by atoms with Crippen LogP contribution in [0.5, 0.6) is 0 Å². The van der Waals surface area contributed by atoms with E-state index in [0.29, 0.717) is 5.69 Å². The molecule has 4 heteroatoms. The summed E-state index contributed by atoms with van der Waals surface area (Å²) >= 11 is 3.33. The second kappa shape index (κ2) is 3.19. The molecular weight excluding hydrogens is 282 g/mol. The summed E-state index contributed by atoms with van der Waals surface area (Å²) in [4.78, 5) is 25.6. The maximum atomic E-state index is 12.2. The molecule has 1 aromatic rings. The molecule has 0 aromatic heterocycles. The fourth-order valence-corrected chi connectivity index (χ4v) is 3.06. The van der Waals surface area contributed by atoms with E-state index in [9.17, 15) is 9.59 Å². The second-order valence-corrected chi connectivity index (χ2v) is 6.18. The van der Waals surface area contributed by atoms with Crippen molar-refractivity contribution in [2.75, 3.05) is 4.90 Å². The Labute approximate surface area is 108 Å². The van der Waals surface area contributed by atoms with Crippen LogP contribution in [-0.4, -0.2) is 11.8 Å². The van der Waals surface area contributed by atoms with Crippen molar-refractivity contribution in [2.24, 2.45) is 17.3 Å². The third-order valence-corrected chi connectivity index (χ3v) is 4.41. The Morgan fingerprint density at radius 1 is 1.06 bits per heavy atom. The molecule has 1 heterocycles. The van der Waals surface area contributed by atoms with Crippen molar-refractivity contribution in [1.82, 2.24) is 0 Å². The highest BCUT2D eigenvalue weighted by molar-refractivity contribution is 9.10. The van der Waals surface area contributed by atoms with Gasteiger partial charge in [0.25, 0.3) is 0 Å². The molecule has 0 spiro atoms. The third-order valence-electron chi connectivity index (χ3n) is 3.89. The van der Waals surface area contributed by atoms with Gasteiger partial charge in [-0.25, -0.2) is 0 Å². The maximum Gasteiger partial charge on any atom is 0.238 e. The molecule has 3 nitrogen and oxygen atoms in total. The van der Waals surface area contributed by atoms with Crippen LogP contribution in [0.3, 0.4) is 0 Å². The molecule has 1 aliphatic carbocycles. The summed E-state index contributed by atoms with van der Waals surface area (Å²) in [5.74, 6) is -0.322. The number of rotatable bonds is 1. The minimum absolute atomic E-state index is 0.0488. The van der Waals surface area contributed by atoms with Crippen LogP contribution in [0, 0.1) is 17.3 Å². The molecule has 1 saturated heterocycles. The molecule has 2 fully saturated rings. The highest BCUT2D eigenvalue weighted by Crippen LogP contribution is 2.63. The Morgan fingerprint density at radius 3 is 2.00 bits per heavy atom. The minimum Gasteiger partial charge on any atom is -0.274 e. The zero-order valence-corrected chi connectivity index (χ0v) is 11.2. The Morgan fingerprint density at radius 2 is 1.53 bits per heavy atom. The highest BCUT2D eigenvalue weighted by atomic mass is 79.9. The molecule has 88 valence electrons. The molecule has 2 unspecified atom stereocenters. The van der Waals surface area contributed by atoms with Gasteiger partial charge < -0.3 is 0 Å². The average molecular weight is 294 g/mol. The summed E-state index contributed by atoms with van der Waals surface area (Å²) < 4.78 is 0.936. The second-order valence-electron chi connectivity index (χ2n) is 5.27. The van der Waals surface area contributed by atoms with Crippen molar-refractivity contribution in [1.29, 1.82) is 0 Å². The van der Waals surface area contributed by atoms with Crippen LogP contribution >= 0.6 is 15.9 Å². The SMILES string of the molecule is CC1(C)C2C(=O)N(c3ccc(Br)cc3)C(=O)C21. The first-order chi connectivity index (χ1) is 7.94. The quantitative estimate of drug-likeness (QED) is 0.747. The van der Waals surface area contributed by atoms with Crippen molar-refractivity contribution in [3.8, 4) is 0 Å². The molecule has 1 aromatic carbocycles. The van der Waals surface area contributed by atoms with Gasteiger partial charge >= 0.3 is 0 Å². The lowest BCUT2D eigenvalue weighted by molar-refractivity contribution is -0.125. The number of imide groups is 1. The van der Waals surface area contributed by atoms with E-state index in [2.05, 4.69) is 15.9 Å². The van der Waals surface area contributed by atoms with Gasteiger partial charge in [-0.3, -0.25) is 14.5 Å². The van der Waals surface area contributed by atoms with Crippen LogP contribution < -0.4 is 4.90 Å². The van der Waals surface area contributed by atoms with E-state index in [1.54, 1.807) is 12.1 Å².